The lowest BCUT2D eigenvalue weighted by atomic mass is 10.1. The maximum Gasteiger partial charge on any atom is 0.262 e. The highest BCUT2D eigenvalue weighted by Crippen LogP contribution is 2.21. The predicted molar refractivity (Wildman–Crippen MR) is 81.8 cm³/mol. The van der Waals surface area contributed by atoms with Crippen molar-refractivity contribution >= 4 is 11.0 Å². The Kier molecular flexibility index (Phi) is 3.42. The topological polar surface area (TPSA) is 72.8 Å². The van der Waals surface area contributed by atoms with Gasteiger partial charge in [-0.2, -0.15) is 5.10 Å². The smallest absolute Gasteiger partial charge is 0.262 e. The largest absolute Gasteiger partial charge is 0.379 e. The SMILES string of the molecule is O=c1[nH]c(Cc2ccc(F)cc2)nc2c1cnn2C1CCOC1. The second kappa shape index (κ2) is 5.58. The fourth-order valence-electron chi connectivity index (χ4n) is 2.84. The quantitative estimate of drug-likeness (QED) is 0.800. The summed E-state index contributed by atoms with van der Waals surface area (Å²) in [6.45, 7) is 1.27. The molecule has 3 aromatic rings. The van der Waals surface area contributed by atoms with Crippen LogP contribution in [0.4, 0.5) is 4.39 Å². The first-order valence-electron chi connectivity index (χ1n) is 7.49. The summed E-state index contributed by atoms with van der Waals surface area (Å²) in [5.41, 5.74) is 1.24. The van der Waals surface area contributed by atoms with Crippen LogP contribution >= 0.6 is 0 Å². The Bertz CT molecular complexity index is 895. The lowest BCUT2D eigenvalue weighted by Gasteiger charge is -2.09. The van der Waals surface area contributed by atoms with Crippen LogP contribution in [0.15, 0.2) is 35.3 Å². The van der Waals surface area contributed by atoms with Crippen LogP contribution in [-0.4, -0.2) is 33.0 Å². The number of rotatable bonds is 3. The van der Waals surface area contributed by atoms with E-state index in [1.165, 1.54) is 12.1 Å². The molecule has 118 valence electrons. The van der Waals surface area contributed by atoms with Crippen molar-refractivity contribution in [2.24, 2.45) is 0 Å². The molecule has 7 heteroatoms. The third-order valence-electron chi connectivity index (χ3n) is 4.05. The lowest BCUT2D eigenvalue weighted by molar-refractivity contribution is 0.185. The Balaban J connectivity index is 1.74. The summed E-state index contributed by atoms with van der Waals surface area (Å²) in [4.78, 5) is 19.6. The van der Waals surface area contributed by atoms with E-state index in [1.807, 2.05) is 0 Å². The Morgan fingerprint density at radius 2 is 2.17 bits per heavy atom. The number of H-pyrrole nitrogens is 1. The fraction of sp³-hybridized carbons (Fsp3) is 0.312. The average Bonchev–Trinajstić information content (AvgIpc) is 3.18. The molecule has 1 N–H and O–H groups in total. The van der Waals surface area contributed by atoms with Gasteiger partial charge >= 0.3 is 0 Å². The molecule has 1 aliphatic heterocycles. The maximum absolute atomic E-state index is 13.0. The van der Waals surface area contributed by atoms with Crippen molar-refractivity contribution in [2.45, 2.75) is 18.9 Å². The summed E-state index contributed by atoms with van der Waals surface area (Å²) in [6.07, 6.45) is 2.83. The van der Waals surface area contributed by atoms with Gasteiger partial charge in [0.05, 0.1) is 18.8 Å². The van der Waals surface area contributed by atoms with Crippen molar-refractivity contribution < 1.29 is 9.13 Å². The van der Waals surface area contributed by atoms with Gasteiger partial charge in [0, 0.05) is 13.0 Å². The van der Waals surface area contributed by atoms with Gasteiger partial charge in [0.2, 0.25) is 0 Å². The van der Waals surface area contributed by atoms with E-state index in [2.05, 4.69) is 15.1 Å². The molecule has 0 aliphatic carbocycles. The van der Waals surface area contributed by atoms with Gasteiger partial charge < -0.3 is 9.72 Å². The van der Waals surface area contributed by atoms with Gasteiger partial charge in [-0.25, -0.2) is 14.1 Å². The zero-order chi connectivity index (χ0) is 15.8. The second-order valence-electron chi connectivity index (χ2n) is 5.66. The molecule has 6 nitrogen and oxygen atoms in total. The van der Waals surface area contributed by atoms with E-state index < -0.39 is 0 Å². The van der Waals surface area contributed by atoms with Gasteiger partial charge in [-0.05, 0) is 24.1 Å². The van der Waals surface area contributed by atoms with Crippen LogP contribution in [0.1, 0.15) is 23.9 Å². The first-order chi connectivity index (χ1) is 11.2. The van der Waals surface area contributed by atoms with Crippen molar-refractivity contribution in [1.82, 2.24) is 19.7 Å². The highest BCUT2D eigenvalue weighted by atomic mass is 19.1. The molecule has 1 saturated heterocycles. The Morgan fingerprint density at radius 1 is 1.35 bits per heavy atom. The number of ether oxygens (including phenoxy) is 1. The first-order valence-corrected chi connectivity index (χ1v) is 7.49. The van der Waals surface area contributed by atoms with Crippen LogP contribution < -0.4 is 5.56 Å². The summed E-state index contributed by atoms with van der Waals surface area (Å²) in [6, 6.07) is 6.27. The standard InChI is InChI=1S/C16H15FN4O2/c17-11-3-1-10(2-4-11)7-14-19-15-13(16(22)20-14)8-18-21(15)12-5-6-23-9-12/h1-4,8,12H,5-7,9H2,(H,19,20,22). The highest BCUT2D eigenvalue weighted by molar-refractivity contribution is 5.73. The summed E-state index contributed by atoms with van der Waals surface area (Å²) < 4.78 is 20.1. The van der Waals surface area contributed by atoms with Crippen LogP contribution in [-0.2, 0) is 11.2 Å². The molecule has 1 fully saturated rings. The van der Waals surface area contributed by atoms with Crippen LogP contribution in [0.5, 0.6) is 0 Å². The van der Waals surface area contributed by atoms with Gasteiger partial charge in [0.15, 0.2) is 5.65 Å². The summed E-state index contributed by atoms with van der Waals surface area (Å²) in [5, 5.41) is 4.77. The van der Waals surface area contributed by atoms with Gasteiger partial charge in [-0.15, -0.1) is 0 Å². The van der Waals surface area contributed by atoms with Crippen molar-refractivity contribution in [1.29, 1.82) is 0 Å². The van der Waals surface area contributed by atoms with Crippen LogP contribution in [0, 0.1) is 5.82 Å². The van der Waals surface area contributed by atoms with E-state index in [0.29, 0.717) is 36.5 Å². The van der Waals surface area contributed by atoms with E-state index in [9.17, 15) is 9.18 Å². The highest BCUT2D eigenvalue weighted by Gasteiger charge is 2.22. The molecule has 3 heterocycles. The molecular weight excluding hydrogens is 299 g/mol. The third-order valence-corrected chi connectivity index (χ3v) is 4.05. The van der Waals surface area contributed by atoms with Gasteiger partial charge in [0.25, 0.3) is 5.56 Å². The van der Waals surface area contributed by atoms with Crippen molar-refractivity contribution in [3.8, 4) is 0 Å². The van der Waals surface area contributed by atoms with Gasteiger partial charge in [0.1, 0.15) is 17.0 Å². The Labute approximate surface area is 130 Å². The summed E-state index contributed by atoms with van der Waals surface area (Å²) in [7, 11) is 0. The Hall–Kier alpha value is -2.54. The van der Waals surface area contributed by atoms with E-state index in [4.69, 9.17) is 4.74 Å². The molecule has 0 saturated carbocycles. The number of aromatic nitrogens is 4. The minimum atomic E-state index is -0.287. The fourth-order valence-corrected chi connectivity index (χ4v) is 2.84. The molecular formula is C16H15FN4O2. The number of benzene rings is 1. The normalized spacial score (nSPS) is 17.9. The number of aromatic amines is 1. The number of hydrogen-bond acceptors (Lipinski definition) is 4. The Morgan fingerprint density at radius 3 is 2.91 bits per heavy atom. The minimum absolute atomic E-state index is 0.112. The molecule has 1 aromatic carbocycles. The van der Waals surface area contributed by atoms with E-state index in [-0.39, 0.29) is 17.4 Å². The molecule has 23 heavy (non-hydrogen) atoms. The van der Waals surface area contributed by atoms with Crippen molar-refractivity contribution in [3.63, 3.8) is 0 Å². The van der Waals surface area contributed by atoms with Crippen LogP contribution in [0.3, 0.4) is 0 Å². The zero-order valence-corrected chi connectivity index (χ0v) is 12.3. The zero-order valence-electron chi connectivity index (χ0n) is 12.3. The molecule has 1 aliphatic rings. The number of halogens is 1. The number of fused-ring (bicyclic) bond motifs is 1. The van der Waals surface area contributed by atoms with E-state index in [1.54, 1.807) is 23.0 Å². The molecule has 0 amide bonds. The third kappa shape index (κ3) is 2.63. The van der Waals surface area contributed by atoms with Crippen molar-refractivity contribution in [2.75, 3.05) is 13.2 Å². The second-order valence-corrected chi connectivity index (χ2v) is 5.66. The van der Waals surface area contributed by atoms with Gasteiger partial charge in [-0.3, -0.25) is 4.79 Å². The van der Waals surface area contributed by atoms with E-state index >= 15 is 0 Å². The molecule has 0 radical (unpaired) electrons. The maximum atomic E-state index is 13.0. The predicted octanol–water partition coefficient (Wildman–Crippen LogP) is 1.81. The lowest BCUT2D eigenvalue weighted by Crippen LogP contribution is -2.15. The molecule has 1 unspecified atom stereocenters. The van der Waals surface area contributed by atoms with Gasteiger partial charge in [-0.1, -0.05) is 12.1 Å². The van der Waals surface area contributed by atoms with Crippen molar-refractivity contribution in [3.05, 3.63) is 58.0 Å². The molecule has 1 atom stereocenters. The number of nitrogens with zero attached hydrogens (tertiary/aromatic N) is 3. The number of nitrogens with one attached hydrogen (secondary N) is 1. The summed E-state index contributed by atoms with van der Waals surface area (Å²) in [5.74, 6) is 0.250. The molecule has 0 bridgehead atoms. The molecule has 4 rings (SSSR count). The monoisotopic (exact) mass is 314 g/mol. The summed E-state index contributed by atoms with van der Waals surface area (Å²) >= 11 is 0. The number of hydrogen-bond donors (Lipinski definition) is 1. The minimum Gasteiger partial charge on any atom is -0.379 e. The average molecular weight is 314 g/mol. The van der Waals surface area contributed by atoms with Crippen LogP contribution in [0.25, 0.3) is 11.0 Å². The molecule has 2 aromatic heterocycles. The van der Waals surface area contributed by atoms with Crippen LogP contribution in [0.2, 0.25) is 0 Å². The van der Waals surface area contributed by atoms with E-state index in [0.717, 1.165) is 12.0 Å². The first kappa shape index (κ1) is 14.1. The molecule has 0 spiro atoms.